The van der Waals surface area contributed by atoms with Gasteiger partial charge in [-0.2, -0.15) is 0 Å². The molecule has 0 radical (unpaired) electrons. The molecule has 154 valence electrons. The number of aliphatic hydroxyl groups excluding tert-OH is 1. The summed E-state index contributed by atoms with van der Waals surface area (Å²) in [6.45, 7) is 5.11. The van der Waals surface area contributed by atoms with Crippen molar-refractivity contribution < 1.29 is 24.2 Å². The molecule has 4 rings (SSSR count). The lowest BCUT2D eigenvalue weighted by molar-refractivity contribution is -0.218. The van der Waals surface area contributed by atoms with Gasteiger partial charge in [0, 0.05) is 16.7 Å². The van der Waals surface area contributed by atoms with E-state index in [-0.39, 0.29) is 30.6 Å². The molecule has 0 spiro atoms. The molecule has 0 heterocycles. The molecule has 0 bridgehead atoms. The highest BCUT2D eigenvalue weighted by atomic mass is 19.1. The van der Waals surface area contributed by atoms with Crippen molar-refractivity contribution in [2.45, 2.75) is 63.8 Å². The van der Waals surface area contributed by atoms with Gasteiger partial charge in [-0.3, -0.25) is 9.59 Å². The third kappa shape index (κ3) is 2.01. The minimum absolute atomic E-state index is 0.0120. The van der Waals surface area contributed by atoms with Gasteiger partial charge in [0.1, 0.15) is 5.60 Å². The van der Waals surface area contributed by atoms with Crippen molar-refractivity contribution in [1.29, 1.82) is 0 Å². The molecule has 0 saturated heterocycles. The number of rotatable bonds is 2. The van der Waals surface area contributed by atoms with Crippen LogP contribution in [-0.2, 0) is 9.59 Å². The summed E-state index contributed by atoms with van der Waals surface area (Å²) in [5, 5.41) is 22.6. The van der Waals surface area contributed by atoms with Crippen molar-refractivity contribution in [2.75, 3.05) is 6.54 Å². The molecule has 8 atom stereocenters. The van der Waals surface area contributed by atoms with Crippen LogP contribution in [0.3, 0.4) is 0 Å². The number of hydrogen-bond acceptors (Lipinski definition) is 5. The lowest BCUT2D eigenvalue weighted by atomic mass is 9.44. The zero-order valence-electron chi connectivity index (χ0n) is 16.7. The minimum Gasteiger partial charge on any atom is -0.390 e. The van der Waals surface area contributed by atoms with Crippen molar-refractivity contribution in [3.8, 4) is 0 Å². The van der Waals surface area contributed by atoms with E-state index in [9.17, 15) is 19.8 Å². The Balaban J connectivity index is 1.84. The van der Waals surface area contributed by atoms with E-state index in [1.54, 1.807) is 13.0 Å². The molecule has 3 fully saturated rings. The van der Waals surface area contributed by atoms with E-state index in [0.29, 0.717) is 19.3 Å². The second-order valence-corrected chi connectivity index (χ2v) is 9.80. The van der Waals surface area contributed by atoms with Gasteiger partial charge in [0.2, 0.25) is 0 Å². The molecule has 0 unspecified atom stereocenters. The van der Waals surface area contributed by atoms with E-state index in [1.807, 2.05) is 13.8 Å². The molecular weight excluding hydrogens is 361 g/mol. The summed E-state index contributed by atoms with van der Waals surface area (Å²) in [6.07, 6.45) is 4.70. The first-order valence-electron chi connectivity index (χ1n) is 10.2. The van der Waals surface area contributed by atoms with Gasteiger partial charge in [-0.05, 0) is 56.6 Å². The molecule has 4 aliphatic carbocycles. The largest absolute Gasteiger partial charge is 0.390 e. The molecule has 3 saturated carbocycles. The van der Waals surface area contributed by atoms with Crippen LogP contribution in [0.2, 0.25) is 0 Å². The molecule has 4 aliphatic rings. The molecule has 5 nitrogen and oxygen atoms in total. The summed E-state index contributed by atoms with van der Waals surface area (Å²) in [6, 6.07) is 0. The number of alkyl halides is 1. The Hall–Kier alpha value is -1.37. The summed E-state index contributed by atoms with van der Waals surface area (Å²) in [5.41, 5.74) is 0.711. The second kappa shape index (κ2) is 5.83. The predicted octanol–water partition coefficient (Wildman–Crippen LogP) is 1.86. The average molecular weight is 391 g/mol. The van der Waals surface area contributed by atoms with Crippen LogP contribution >= 0.6 is 0 Å². The maximum absolute atomic E-state index is 16.9. The third-order valence-electron chi connectivity index (χ3n) is 8.83. The van der Waals surface area contributed by atoms with Gasteiger partial charge in [-0.15, -0.1) is 0 Å². The molecule has 0 aromatic heterocycles. The number of carbonyl (C=O) groups is 2. The average Bonchev–Trinajstić information content (AvgIpc) is 2.84. The fraction of sp³-hybridized carbons (Fsp3) is 0.727. The Labute approximate surface area is 164 Å². The van der Waals surface area contributed by atoms with Crippen molar-refractivity contribution >= 4 is 11.6 Å². The smallest absolute Gasteiger partial charge is 0.178 e. The number of Topliss-reactive ketones (excluding diaryl/α,β-unsaturated/α-hetero) is 1. The fourth-order valence-electron chi connectivity index (χ4n) is 7.30. The summed E-state index contributed by atoms with van der Waals surface area (Å²) < 4.78 is 16.9. The molecule has 6 heteroatoms. The summed E-state index contributed by atoms with van der Waals surface area (Å²) >= 11 is 0. The van der Waals surface area contributed by atoms with Gasteiger partial charge >= 0.3 is 0 Å². The quantitative estimate of drug-likeness (QED) is 0.667. The Morgan fingerprint density at radius 3 is 2.68 bits per heavy atom. The molecule has 0 aromatic carbocycles. The minimum atomic E-state index is -1.95. The van der Waals surface area contributed by atoms with Crippen LogP contribution in [0.4, 0.5) is 4.39 Å². The van der Waals surface area contributed by atoms with E-state index in [1.165, 1.54) is 12.2 Å². The first-order valence-corrected chi connectivity index (χ1v) is 10.2. The van der Waals surface area contributed by atoms with Gasteiger partial charge in [0.05, 0.1) is 12.6 Å². The number of hydrogen-bond donors (Lipinski definition) is 3. The number of ketones is 2. The van der Waals surface area contributed by atoms with Crippen LogP contribution in [0.1, 0.15) is 46.5 Å². The molecular formula is C22H30FNO4. The lowest BCUT2D eigenvalue weighted by Crippen LogP contribution is -2.69. The van der Waals surface area contributed by atoms with Crippen molar-refractivity contribution in [1.82, 2.24) is 0 Å². The zero-order valence-corrected chi connectivity index (χ0v) is 16.7. The number of fused-ring (bicyclic) bond motifs is 5. The molecule has 0 aromatic rings. The van der Waals surface area contributed by atoms with Crippen LogP contribution in [-0.4, -0.2) is 45.7 Å². The highest BCUT2D eigenvalue weighted by Gasteiger charge is 2.75. The summed E-state index contributed by atoms with van der Waals surface area (Å²) in [5.74, 6) is -1.71. The maximum atomic E-state index is 16.9. The van der Waals surface area contributed by atoms with E-state index in [2.05, 4.69) is 0 Å². The Morgan fingerprint density at radius 1 is 1.36 bits per heavy atom. The summed E-state index contributed by atoms with van der Waals surface area (Å²) in [4.78, 5) is 24.5. The number of carbonyl (C=O) groups excluding carboxylic acids is 2. The van der Waals surface area contributed by atoms with Crippen LogP contribution < -0.4 is 5.73 Å². The first-order chi connectivity index (χ1) is 13.0. The van der Waals surface area contributed by atoms with Crippen LogP contribution in [0, 0.1) is 28.6 Å². The van der Waals surface area contributed by atoms with E-state index >= 15 is 4.39 Å². The Morgan fingerprint density at radius 2 is 2.04 bits per heavy atom. The lowest BCUT2D eigenvalue weighted by Gasteiger charge is -2.62. The number of aliphatic hydroxyl groups is 2. The SMILES string of the molecule is C[C@@H]1C[C@@H]2[C@H]3CCC4=CC(=O)C=C[C@]4(C)[C@]3(F)[C@@H](O)C[C@]2(C)[C@]1(O)C(=O)CN. The maximum Gasteiger partial charge on any atom is 0.178 e. The van der Waals surface area contributed by atoms with Gasteiger partial charge in [-0.1, -0.05) is 25.5 Å². The number of halogens is 1. The van der Waals surface area contributed by atoms with Gasteiger partial charge in [0.15, 0.2) is 17.2 Å². The fourth-order valence-corrected chi connectivity index (χ4v) is 7.30. The number of allylic oxidation sites excluding steroid dienone is 4. The van der Waals surface area contributed by atoms with Crippen molar-refractivity contribution in [2.24, 2.45) is 34.3 Å². The molecule has 28 heavy (non-hydrogen) atoms. The van der Waals surface area contributed by atoms with Gasteiger partial charge < -0.3 is 15.9 Å². The molecule has 0 aliphatic heterocycles. The monoisotopic (exact) mass is 391 g/mol. The van der Waals surface area contributed by atoms with E-state index < -0.39 is 39.9 Å². The second-order valence-electron chi connectivity index (χ2n) is 9.80. The third-order valence-corrected chi connectivity index (χ3v) is 8.83. The van der Waals surface area contributed by atoms with Crippen molar-refractivity contribution in [3.63, 3.8) is 0 Å². The van der Waals surface area contributed by atoms with Gasteiger partial charge in [0.25, 0.3) is 0 Å². The van der Waals surface area contributed by atoms with Crippen LogP contribution in [0.15, 0.2) is 23.8 Å². The zero-order chi connectivity index (χ0) is 20.7. The van der Waals surface area contributed by atoms with Crippen LogP contribution in [0.25, 0.3) is 0 Å². The van der Waals surface area contributed by atoms with Crippen molar-refractivity contribution in [3.05, 3.63) is 23.8 Å². The molecule has 4 N–H and O–H groups in total. The Kier molecular flexibility index (Phi) is 4.15. The van der Waals surface area contributed by atoms with E-state index in [4.69, 9.17) is 5.73 Å². The highest BCUT2D eigenvalue weighted by Crippen LogP contribution is 2.70. The summed E-state index contributed by atoms with van der Waals surface area (Å²) in [7, 11) is 0. The first kappa shape index (κ1) is 19.9. The highest BCUT2D eigenvalue weighted by molar-refractivity contribution is 6.01. The predicted molar refractivity (Wildman–Crippen MR) is 102 cm³/mol. The Bertz CT molecular complexity index is 808. The van der Waals surface area contributed by atoms with E-state index in [0.717, 1.165) is 5.57 Å². The normalized spacial score (nSPS) is 52.5. The van der Waals surface area contributed by atoms with Crippen LogP contribution in [0.5, 0.6) is 0 Å². The standard InChI is InChI=1S/C22H30FNO4/c1-12-8-16-15-5-4-13-9-14(25)6-7-19(13,2)21(15,23)17(26)10-20(16,3)22(12,28)18(27)11-24/h6-7,9,12,15-17,26,28H,4-5,8,10-11,24H2,1-3H3/t12-,15-,16-,17+,19+,20+,21-,22-/m1/s1. The van der Waals surface area contributed by atoms with Gasteiger partial charge in [-0.25, -0.2) is 4.39 Å². The molecule has 0 amide bonds. The number of nitrogens with two attached hydrogens (primary N) is 1. The topological polar surface area (TPSA) is 101 Å².